The number of carboxylic acids is 1. The van der Waals surface area contributed by atoms with Crippen molar-refractivity contribution in [1.29, 1.82) is 0 Å². The van der Waals surface area contributed by atoms with E-state index >= 15 is 0 Å². The molecule has 1 rings (SSSR count). The van der Waals surface area contributed by atoms with Gasteiger partial charge in [-0.15, -0.1) is 12.4 Å². The summed E-state index contributed by atoms with van der Waals surface area (Å²) >= 11 is 1.59. The van der Waals surface area contributed by atoms with Crippen LogP contribution in [0.4, 0.5) is 4.39 Å². The molecule has 1 aromatic rings. The summed E-state index contributed by atoms with van der Waals surface area (Å²) < 4.78 is 13.3. The summed E-state index contributed by atoms with van der Waals surface area (Å²) in [6, 6.07) is 5.74. The van der Waals surface area contributed by atoms with Gasteiger partial charge in [-0.3, -0.25) is 4.79 Å². The first-order valence-electron chi connectivity index (χ1n) is 5.33. The number of aliphatic carboxylic acids is 1. The molecular weight excluding hydrogens is 277 g/mol. The monoisotopic (exact) mass is 293 g/mol. The maximum Gasteiger partial charge on any atom is 0.320 e. The van der Waals surface area contributed by atoms with Gasteiger partial charge >= 0.3 is 5.97 Å². The molecule has 0 aliphatic heterocycles. The van der Waals surface area contributed by atoms with Gasteiger partial charge in [-0.25, -0.2) is 4.39 Å². The van der Waals surface area contributed by atoms with E-state index in [1.165, 1.54) is 6.07 Å². The van der Waals surface area contributed by atoms with Crippen molar-refractivity contribution < 1.29 is 14.3 Å². The number of nitrogens with one attached hydrogen (secondary N) is 1. The Hall–Kier alpha value is -0.780. The fourth-order valence-electron chi connectivity index (χ4n) is 1.42. The SMILES string of the molecule is CSCCC(NCc1ccccc1F)C(=O)O.Cl. The molecule has 0 aliphatic rings. The van der Waals surface area contributed by atoms with Gasteiger partial charge in [0.15, 0.2) is 0 Å². The molecule has 102 valence electrons. The summed E-state index contributed by atoms with van der Waals surface area (Å²) in [5.74, 6) is -0.439. The molecule has 0 saturated carbocycles. The molecule has 2 N–H and O–H groups in total. The first kappa shape index (κ1) is 17.2. The Morgan fingerprint density at radius 2 is 2.17 bits per heavy atom. The normalized spacial score (nSPS) is 11.7. The van der Waals surface area contributed by atoms with Crippen LogP contribution in [0.3, 0.4) is 0 Å². The second kappa shape index (κ2) is 9.19. The molecule has 0 heterocycles. The Labute approximate surface area is 117 Å². The van der Waals surface area contributed by atoms with Gasteiger partial charge in [0.2, 0.25) is 0 Å². The third-order valence-corrected chi connectivity index (χ3v) is 3.05. The van der Waals surface area contributed by atoms with Crippen LogP contribution >= 0.6 is 24.2 Å². The molecule has 0 saturated heterocycles. The zero-order valence-corrected chi connectivity index (χ0v) is 11.7. The van der Waals surface area contributed by atoms with Gasteiger partial charge in [0.25, 0.3) is 0 Å². The standard InChI is InChI=1S/C12H16FNO2S.ClH/c1-17-7-6-11(12(15)16)14-8-9-4-2-3-5-10(9)13;/h2-5,11,14H,6-8H2,1H3,(H,15,16);1H. The minimum absolute atomic E-state index is 0. The second-order valence-electron chi connectivity index (χ2n) is 3.64. The van der Waals surface area contributed by atoms with Crippen LogP contribution in [0.25, 0.3) is 0 Å². The van der Waals surface area contributed by atoms with Gasteiger partial charge in [0.05, 0.1) is 0 Å². The largest absolute Gasteiger partial charge is 0.480 e. The van der Waals surface area contributed by atoms with Gasteiger partial charge in [0, 0.05) is 12.1 Å². The Morgan fingerprint density at radius 3 is 2.72 bits per heavy atom. The Kier molecular flexibility index (Phi) is 8.79. The van der Waals surface area contributed by atoms with Crippen LogP contribution in [0.1, 0.15) is 12.0 Å². The maximum atomic E-state index is 13.3. The van der Waals surface area contributed by atoms with Crippen molar-refractivity contribution in [2.24, 2.45) is 0 Å². The summed E-state index contributed by atoms with van der Waals surface area (Å²) in [6.45, 7) is 0.234. The summed E-state index contributed by atoms with van der Waals surface area (Å²) in [5, 5.41) is 11.8. The third-order valence-electron chi connectivity index (χ3n) is 2.41. The Balaban J connectivity index is 0.00000289. The van der Waals surface area contributed by atoms with Crippen LogP contribution in [-0.2, 0) is 11.3 Å². The van der Waals surface area contributed by atoms with E-state index in [2.05, 4.69) is 5.32 Å². The predicted molar refractivity (Wildman–Crippen MR) is 74.9 cm³/mol. The third kappa shape index (κ3) is 5.71. The lowest BCUT2D eigenvalue weighted by Gasteiger charge is -2.14. The lowest BCUT2D eigenvalue weighted by atomic mass is 10.1. The van der Waals surface area contributed by atoms with E-state index in [1.54, 1.807) is 30.0 Å². The molecule has 0 aromatic heterocycles. The van der Waals surface area contributed by atoms with Crippen LogP contribution in [0, 0.1) is 5.82 Å². The molecule has 0 spiro atoms. The fourth-order valence-corrected chi connectivity index (χ4v) is 1.89. The molecule has 1 unspecified atom stereocenters. The fraction of sp³-hybridized carbons (Fsp3) is 0.417. The van der Waals surface area contributed by atoms with E-state index in [4.69, 9.17) is 5.11 Å². The number of hydrogen-bond acceptors (Lipinski definition) is 3. The summed E-state index contributed by atoms with van der Waals surface area (Å²) in [6.07, 6.45) is 2.46. The van der Waals surface area contributed by atoms with Gasteiger partial charge < -0.3 is 10.4 Å². The molecule has 0 radical (unpaired) electrons. The van der Waals surface area contributed by atoms with E-state index in [1.807, 2.05) is 6.26 Å². The highest BCUT2D eigenvalue weighted by atomic mass is 35.5. The maximum absolute atomic E-state index is 13.3. The lowest BCUT2D eigenvalue weighted by molar-refractivity contribution is -0.139. The molecule has 0 bridgehead atoms. The minimum atomic E-state index is -0.893. The van der Waals surface area contributed by atoms with Gasteiger partial charge in [0.1, 0.15) is 11.9 Å². The van der Waals surface area contributed by atoms with Gasteiger partial charge in [-0.2, -0.15) is 11.8 Å². The quantitative estimate of drug-likeness (QED) is 0.811. The molecule has 18 heavy (non-hydrogen) atoms. The molecule has 1 atom stereocenters. The topological polar surface area (TPSA) is 49.3 Å². The van der Waals surface area contributed by atoms with Crippen molar-refractivity contribution >= 4 is 30.1 Å². The van der Waals surface area contributed by atoms with Crippen molar-refractivity contribution in [3.63, 3.8) is 0 Å². The second-order valence-corrected chi connectivity index (χ2v) is 4.63. The minimum Gasteiger partial charge on any atom is -0.480 e. The first-order chi connectivity index (χ1) is 8.15. The molecular formula is C12H17ClFNO2S. The predicted octanol–water partition coefficient (Wildman–Crippen LogP) is 2.54. The summed E-state index contributed by atoms with van der Waals surface area (Å²) in [5.41, 5.74) is 0.489. The van der Waals surface area contributed by atoms with Gasteiger partial charge in [-0.1, -0.05) is 18.2 Å². The Bertz CT molecular complexity index is 379. The molecule has 6 heteroatoms. The number of benzene rings is 1. The zero-order chi connectivity index (χ0) is 12.7. The number of rotatable bonds is 7. The molecule has 0 amide bonds. The van der Waals surface area contributed by atoms with Gasteiger partial charge in [-0.05, 0) is 24.5 Å². The average molecular weight is 294 g/mol. The number of thioether (sulfide) groups is 1. The van der Waals surface area contributed by atoms with E-state index < -0.39 is 12.0 Å². The highest BCUT2D eigenvalue weighted by molar-refractivity contribution is 7.98. The summed E-state index contributed by atoms with van der Waals surface area (Å²) in [4.78, 5) is 10.9. The van der Waals surface area contributed by atoms with Crippen LogP contribution in [-0.4, -0.2) is 29.1 Å². The average Bonchev–Trinajstić information content (AvgIpc) is 2.31. The summed E-state index contributed by atoms with van der Waals surface area (Å²) in [7, 11) is 0. The first-order valence-corrected chi connectivity index (χ1v) is 6.73. The van der Waals surface area contributed by atoms with Crippen molar-refractivity contribution in [3.05, 3.63) is 35.6 Å². The highest BCUT2D eigenvalue weighted by Gasteiger charge is 2.16. The van der Waals surface area contributed by atoms with Crippen LogP contribution < -0.4 is 5.32 Å². The number of carbonyl (C=O) groups is 1. The van der Waals surface area contributed by atoms with E-state index in [9.17, 15) is 9.18 Å². The van der Waals surface area contributed by atoms with Crippen molar-refractivity contribution in [2.45, 2.75) is 19.0 Å². The van der Waals surface area contributed by atoms with Crippen molar-refractivity contribution in [2.75, 3.05) is 12.0 Å². The number of carboxylic acid groups (broad SMARTS) is 1. The molecule has 1 aromatic carbocycles. The smallest absolute Gasteiger partial charge is 0.320 e. The van der Waals surface area contributed by atoms with E-state index in [0.29, 0.717) is 12.0 Å². The Morgan fingerprint density at radius 1 is 1.50 bits per heavy atom. The van der Waals surface area contributed by atoms with Crippen molar-refractivity contribution in [1.82, 2.24) is 5.32 Å². The lowest BCUT2D eigenvalue weighted by Crippen LogP contribution is -2.36. The van der Waals surface area contributed by atoms with E-state index in [-0.39, 0.29) is 24.8 Å². The zero-order valence-electron chi connectivity index (χ0n) is 10.1. The van der Waals surface area contributed by atoms with Crippen LogP contribution in [0.15, 0.2) is 24.3 Å². The number of halogens is 2. The molecule has 0 aliphatic carbocycles. The van der Waals surface area contributed by atoms with E-state index in [0.717, 1.165) is 5.75 Å². The van der Waals surface area contributed by atoms with Crippen LogP contribution in [0.2, 0.25) is 0 Å². The number of hydrogen-bond donors (Lipinski definition) is 2. The van der Waals surface area contributed by atoms with Crippen LogP contribution in [0.5, 0.6) is 0 Å². The van der Waals surface area contributed by atoms with Crippen molar-refractivity contribution in [3.8, 4) is 0 Å². The molecule has 0 fully saturated rings. The molecule has 3 nitrogen and oxygen atoms in total. The highest BCUT2D eigenvalue weighted by Crippen LogP contribution is 2.07.